The van der Waals surface area contributed by atoms with E-state index in [-0.39, 0.29) is 0 Å². The third-order valence-electron chi connectivity index (χ3n) is 2.35. The lowest BCUT2D eigenvalue weighted by molar-refractivity contribution is 0.494. The van der Waals surface area contributed by atoms with Gasteiger partial charge in [0.2, 0.25) is 0 Å². The Bertz CT molecular complexity index is 366. The molecule has 1 N–H and O–H groups in total. The van der Waals surface area contributed by atoms with Crippen LogP contribution in [0.25, 0.3) is 0 Å². The summed E-state index contributed by atoms with van der Waals surface area (Å²) in [4.78, 5) is 5.42. The highest BCUT2D eigenvalue weighted by molar-refractivity contribution is 7.09. The van der Waals surface area contributed by atoms with Crippen molar-refractivity contribution >= 4 is 11.3 Å². The molecular weight excluding hydrogens is 206 g/mol. The van der Waals surface area contributed by atoms with E-state index in [1.54, 1.807) is 11.3 Å². The van der Waals surface area contributed by atoms with Gasteiger partial charge in [0.25, 0.3) is 0 Å². The van der Waals surface area contributed by atoms with Crippen molar-refractivity contribution in [2.75, 3.05) is 6.54 Å². The lowest BCUT2D eigenvalue weighted by Crippen LogP contribution is -2.22. The average Bonchev–Trinajstić information content (AvgIpc) is 2.90. The first-order valence-corrected chi connectivity index (χ1v) is 5.95. The van der Waals surface area contributed by atoms with Crippen LogP contribution < -0.4 is 5.32 Å². The molecule has 0 aliphatic heterocycles. The number of rotatable bonds is 5. The smallest absolute Gasteiger partial charge is 0.0948 e. The van der Waals surface area contributed by atoms with E-state index in [1.807, 2.05) is 18.7 Å². The predicted octanol–water partition coefficient (Wildman–Crippen LogP) is 2.30. The van der Waals surface area contributed by atoms with Crippen LogP contribution in [0.5, 0.6) is 0 Å². The standard InChI is InChI=1S/C11H15N3S/c1-10(14-5-4-12-9-14)7-13-8-11-3-2-6-15-11/h2-6,9-10,13H,7-8H2,1H3. The molecule has 2 rings (SSSR count). The summed E-state index contributed by atoms with van der Waals surface area (Å²) in [6, 6.07) is 4.69. The van der Waals surface area contributed by atoms with Crippen LogP contribution in [-0.4, -0.2) is 16.1 Å². The van der Waals surface area contributed by atoms with Gasteiger partial charge in [-0.15, -0.1) is 11.3 Å². The summed E-state index contributed by atoms with van der Waals surface area (Å²) in [5.74, 6) is 0. The zero-order chi connectivity index (χ0) is 10.5. The third kappa shape index (κ3) is 2.91. The molecule has 2 heterocycles. The fraction of sp³-hybridized carbons (Fsp3) is 0.364. The zero-order valence-electron chi connectivity index (χ0n) is 8.76. The Hall–Kier alpha value is -1.13. The van der Waals surface area contributed by atoms with Crippen molar-refractivity contribution in [2.45, 2.75) is 19.5 Å². The maximum Gasteiger partial charge on any atom is 0.0948 e. The summed E-state index contributed by atoms with van der Waals surface area (Å²) in [6.45, 7) is 4.11. The molecule has 0 amide bonds. The molecule has 15 heavy (non-hydrogen) atoms. The molecule has 3 nitrogen and oxygen atoms in total. The largest absolute Gasteiger partial charge is 0.333 e. The first-order valence-electron chi connectivity index (χ1n) is 5.07. The fourth-order valence-electron chi connectivity index (χ4n) is 1.45. The van der Waals surface area contributed by atoms with Crippen molar-refractivity contribution in [3.8, 4) is 0 Å². The van der Waals surface area contributed by atoms with Gasteiger partial charge in [-0.25, -0.2) is 4.98 Å². The highest BCUT2D eigenvalue weighted by Gasteiger charge is 2.02. The first kappa shape index (κ1) is 10.4. The molecule has 80 valence electrons. The fourth-order valence-corrected chi connectivity index (χ4v) is 2.13. The molecule has 1 atom stereocenters. The first-order chi connectivity index (χ1) is 7.36. The van der Waals surface area contributed by atoms with Crippen LogP contribution in [0.2, 0.25) is 0 Å². The van der Waals surface area contributed by atoms with Gasteiger partial charge in [-0.05, 0) is 18.4 Å². The van der Waals surface area contributed by atoms with Crippen LogP contribution in [0.4, 0.5) is 0 Å². The van der Waals surface area contributed by atoms with Gasteiger partial charge in [-0.1, -0.05) is 6.07 Å². The summed E-state index contributed by atoms with van der Waals surface area (Å²) in [6.07, 6.45) is 5.67. The van der Waals surface area contributed by atoms with Crippen LogP contribution >= 0.6 is 11.3 Å². The molecule has 0 radical (unpaired) electrons. The summed E-state index contributed by atoms with van der Waals surface area (Å²) in [7, 11) is 0. The van der Waals surface area contributed by atoms with Crippen LogP contribution in [0.15, 0.2) is 36.2 Å². The van der Waals surface area contributed by atoms with Crippen LogP contribution in [0, 0.1) is 0 Å². The van der Waals surface area contributed by atoms with Gasteiger partial charge in [-0.3, -0.25) is 0 Å². The molecule has 0 aromatic carbocycles. The number of nitrogens with zero attached hydrogens (tertiary/aromatic N) is 2. The van der Waals surface area contributed by atoms with Gasteiger partial charge >= 0.3 is 0 Å². The van der Waals surface area contributed by atoms with E-state index in [1.165, 1.54) is 4.88 Å². The van der Waals surface area contributed by atoms with Gasteiger partial charge < -0.3 is 9.88 Å². The van der Waals surface area contributed by atoms with Gasteiger partial charge in [0, 0.05) is 36.4 Å². The summed E-state index contributed by atoms with van der Waals surface area (Å²) < 4.78 is 2.11. The number of nitrogens with one attached hydrogen (secondary N) is 1. The zero-order valence-corrected chi connectivity index (χ0v) is 9.57. The number of hydrogen-bond acceptors (Lipinski definition) is 3. The molecule has 0 fully saturated rings. The van der Waals surface area contributed by atoms with E-state index in [4.69, 9.17) is 0 Å². The highest BCUT2D eigenvalue weighted by atomic mass is 32.1. The van der Waals surface area contributed by atoms with E-state index in [2.05, 4.69) is 39.3 Å². The molecule has 4 heteroatoms. The number of aromatic nitrogens is 2. The van der Waals surface area contributed by atoms with E-state index >= 15 is 0 Å². The monoisotopic (exact) mass is 221 g/mol. The molecule has 1 unspecified atom stereocenters. The summed E-state index contributed by atoms with van der Waals surface area (Å²) in [5.41, 5.74) is 0. The summed E-state index contributed by atoms with van der Waals surface area (Å²) >= 11 is 1.79. The number of hydrogen-bond donors (Lipinski definition) is 1. The number of imidazole rings is 1. The highest BCUT2D eigenvalue weighted by Crippen LogP contribution is 2.08. The van der Waals surface area contributed by atoms with Gasteiger partial charge in [0.1, 0.15) is 0 Å². The molecule has 0 saturated heterocycles. The normalized spacial score (nSPS) is 12.9. The lowest BCUT2D eigenvalue weighted by Gasteiger charge is -2.13. The van der Waals surface area contributed by atoms with Gasteiger partial charge in [-0.2, -0.15) is 0 Å². The third-order valence-corrected chi connectivity index (χ3v) is 3.23. The van der Waals surface area contributed by atoms with E-state index in [9.17, 15) is 0 Å². The molecule has 2 aromatic rings. The molecule has 0 aliphatic rings. The maximum absolute atomic E-state index is 4.04. The molecular formula is C11H15N3S. The SMILES string of the molecule is CC(CNCc1cccs1)n1ccnc1. The van der Waals surface area contributed by atoms with E-state index in [0.717, 1.165) is 13.1 Å². The van der Waals surface area contributed by atoms with Crippen molar-refractivity contribution in [3.05, 3.63) is 41.1 Å². The minimum atomic E-state index is 0.451. The molecule has 2 aromatic heterocycles. The Morgan fingerprint density at radius 1 is 1.60 bits per heavy atom. The maximum atomic E-state index is 4.04. The molecule has 0 saturated carbocycles. The van der Waals surface area contributed by atoms with Crippen LogP contribution in [0.1, 0.15) is 17.8 Å². The number of thiophene rings is 1. The van der Waals surface area contributed by atoms with Crippen LogP contribution in [0.3, 0.4) is 0 Å². The van der Waals surface area contributed by atoms with Crippen molar-refractivity contribution in [2.24, 2.45) is 0 Å². The Morgan fingerprint density at radius 2 is 2.53 bits per heavy atom. The van der Waals surface area contributed by atoms with Crippen LogP contribution in [-0.2, 0) is 6.54 Å². The topological polar surface area (TPSA) is 29.9 Å². The van der Waals surface area contributed by atoms with E-state index in [0.29, 0.717) is 6.04 Å². The minimum absolute atomic E-state index is 0.451. The van der Waals surface area contributed by atoms with E-state index < -0.39 is 0 Å². The van der Waals surface area contributed by atoms with Crippen molar-refractivity contribution in [3.63, 3.8) is 0 Å². The molecule has 0 aliphatic carbocycles. The minimum Gasteiger partial charge on any atom is -0.333 e. The van der Waals surface area contributed by atoms with Crippen molar-refractivity contribution in [1.82, 2.24) is 14.9 Å². The Balaban J connectivity index is 1.74. The quantitative estimate of drug-likeness (QED) is 0.839. The lowest BCUT2D eigenvalue weighted by atomic mass is 10.3. The second-order valence-corrected chi connectivity index (χ2v) is 4.60. The Morgan fingerprint density at radius 3 is 3.20 bits per heavy atom. The summed E-state index contributed by atoms with van der Waals surface area (Å²) in [5, 5.41) is 5.55. The second-order valence-electron chi connectivity index (χ2n) is 3.57. The average molecular weight is 221 g/mol. The molecule has 0 bridgehead atoms. The molecule has 0 spiro atoms. The Labute approximate surface area is 93.8 Å². The predicted molar refractivity (Wildman–Crippen MR) is 63.0 cm³/mol. The Kier molecular flexibility index (Phi) is 3.53. The van der Waals surface area contributed by atoms with Gasteiger partial charge in [0.05, 0.1) is 6.33 Å². The van der Waals surface area contributed by atoms with Gasteiger partial charge in [0.15, 0.2) is 0 Å². The van der Waals surface area contributed by atoms with Crippen molar-refractivity contribution < 1.29 is 0 Å². The second kappa shape index (κ2) is 5.09. The van der Waals surface area contributed by atoms with Crippen molar-refractivity contribution in [1.29, 1.82) is 0 Å².